The zero-order chi connectivity index (χ0) is 5.11. The van der Waals surface area contributed by atoms with Crippen molar-refractivity contribution in [3.8, 4) is 0 Å². The van der Waals surface area contributed by atoms with E-state index in [0.717, 1.165) is 6.54 Å². The second-order valence-electron chi connectivity index (χ2n) is 1.21. The third-order valence-electron chi connectivity index (χ3n) is 0.676. The summed E-state index contributed by atoms with van der Waals surface area (Å²) >= 11 is 3.24. The Morgan fingerprint density at radius 2 is 2.38 bits per heavy atom. The topological polar surface area (TPSA) is 15.6 Å². The smallest absolute Gasteiger partial charge is 0.0643 e. The van der Waals surface area contributed by atoms with Gasteiger partial charge in [0.15, 0.2) is 0 Å². The Kier molecular flexibility index (Phi) is 4.18. The lowest BCUT2D eigenvalue weighted by Gasteiger charge is -2.07. The molecular formula is C4H6Br2N2. The summed E-state index contributed by atoms with van der Waals surface area (Å²) in [5.74, 6) is 0. The molecule has 0 atom stereocenters. The molecule has 8 heavy (non-hydrogen) atoms. The van der Waals surface area contributed by atoms with Crippen LogP contribution in [0.5, 0.6) is 0 Å². The van der Waals surface area contributed by atoms with Crippen molar-refractivity contribution in [3.05, 3.63) is 12.4 Å². The Labute approximate surface area is 67.4 Å². The molecule has 0 radical (unpaired) electrons. The van der Waals surface area contributed by atoms with Crippen LogP contribution in [0.15, 0.2) is 17.4 Å². The maximum absolute atomic E-state index is 3.85. The zero-order valence-electron chi connectivity index (χ0n) is 4.12. The van der Waals surface area contributed by atoms with Crippen LogP contribution in [-0.2, 0) is 0 Å². The van der Waals surface area contributed by atoms with E-state index >= 15 is 0 Å². The highest BCUT2D eigenvalue weighted by molar-refractivity contribution is 9.07. The molecule has 0 fully saturated rings. The SMILES string of the molecule is Br.BrN1C=CN=CC1. The van der Waals surface area contributed by atoms with E-state index in [1.165, 1.54) is 0 Å². The molecule has 0 aromatic rings. The summed E-state index contributed by atoms with van der Waals surface area (Å²) in [6, 6.07) is 0. The van der Waals surface area contributed by atoms with Crippen LogP contribution in [0, 0.1) is 0 Å². The summed E-state index contributed by atoms with van der Waals surface area (Å²) in [7, 11) is 0. The Bertz CT molecular complexity index is 111. The molecule has 0 amide bonds. The second kappa shape index (κ2) is 4.09. The first-order valence-corrected chi connectivity index (χ1v) is 2.71. The fourth-order valence-electron chi connectivity index (χ4n) is 0.358. The van der Waals surface area contributed by atoms with Gasteiger partial charge in [0.2, 0.25) is 0 Å². The molecule has 46 valence electrons. The maximum atomic E-state index is 3.85. The quantitative estimate of drug-likeness (QED) is 0.590. The molecule has 1 rings (SSSR count). The van der Waals surface area contributed by atoms with Crippen LogP contribution in [-0.4, -0.2) is 16.7 Å². The van der Waals surface area contributed by atoms with Crippen molar-refractivity contribution >= 4 is 39.3 Å². The Morgan fingerprint density at radius 1 is 1.62 bits per heavy atom. The van der Waals surface area contributed by atoms with Crippen molar-refractivity contribution in [2.45, 2.75) is 0 Å². The highest BCUT2D eigenvalue weighted by Gasteiger charge is 1.89. The highest BCUT2D eigenvalue weighted by Crippen LogP contribution is 1.99. The average molecular weight is 242 g/mol. The van der Waals surface area contributed by atoms with Crippen LogP contribution in [0.3, 0.4) is 0 Å². The molecule has 0 saturated heterocycles. The predicted octanol–water partition coefficient (Wildman–Crippen LogP) is 1.73. The van der Waals surface area contributed by atoms with Crippen LogP contribution in [0.2, 0.25) is 0 Å². The minimum absolute atomic E-state index is 0. The van der Waals surface area contributed by atoms with Gasteiger partial charge in [-0.2, -0.15) is 0 Å². The summed E-state index contributed by atoms with van der Waals surface area (Å²) in [5, 5.41) is 0. The number of rotatable bonds is 0. The minimum atomic E-state index is 0. The van der Waals surface area contributed by atoms with Crippen LogP contribution in [0.4, 0.5) is 0 Å². The predicted molar refractivity (Wildman–Crippen MR) is 43.6 cm³/mol. The van der Waals surface area contributed by atoms with Crippen molar-refractivity contribution < 1.29 is 0 Å². The average Bonchev–Trinajstić information content (AvgIpc) is 1.69. The summed E-state index contributed by atoms with van der Waals surface area (Å²) in [4.78, 5) is 3.85. The van der Waals surface area contributed by atoms with Gasteiger partial charge in [0, 0.05) is 34.8 Å². The van der Waals surface area contributed by atoms with Crippen LogP contribution < -0.4 is 0 Å². The molecule has 1 aliphatic rings. The molecule has 0 unspecified atom stereocenters. The molecule has 0 spiro atoms. The molecule has 0 bridgehead atoms. The van der Waals surface area contributed by atoms with E-state index in [1.54, 1.807) is 6.20 Å². The maximum Gasteiger partial charge on any atom is 0.0643 e. The van der Waals surface area contributed by atoms with Gasteiger partial charge in [-0.15, -0.1) is 17.0 Å². The minimum Gasteiger partial charge on any atom is -0.309 e. The second-order valence-corrected chi connectivity index (χ2v) is 2.12. The van der Waals surface area contributed by atoms with Gasteiger partial charge >= 0.3 is 0 Å². The number of nitrogens with zero attached hydrogens (tertiary/aromatic N) is 2. The third-order valence-corrected chi connectivity index (χ3v) is 1.20. The molecule has 2 nitrogen and oxygen atoms in total. The van der Waals surface area contributed by atoms with Crippen molar-refractivity contribution in [1.82, 2.24) is 3.93 Å². The number of hydrogen-bond acceptors (Lipinski definition) is 2. The van der Waals surface area contributed by atoms with Gasteiger partial charge in [-0.3, -0.25) is 4.99 Å². The van der Waals surface area contributed by atoms with Crippen molar-refractivity contribution in [1.29, 1.82) is 0 Å². The Balaban J connectivity index is 0.000000490. The molecule has 0 saturated carbocycles. The van der Waals surface area contributed by atoms with Gasteiger partial charge < -0.3 is 3.93 Å². The first kappa shape index (κ1) is 8.17. The van der Waals surface area contributed by atoms with Gasteiger partial charge in [-0.25, -0.2) is 0 Å². The van der Waals surface area contributed by atoms with E-state index in [4.69, 9.17) is 0 Å². The first-order valence-electron chi connectivity index (χ1n) is 2.00. The number of halogens is 2. The van der Waals surface area contributed by atoms with E-state index in [0.29, 0.717) is 0 Å². The molecular weight excluding hydrogens is 236 g/mol. The zero-order valence-corrected chi connectivity index (χ0v) is 7.42. The Morgan fingerprint density at radius 3 is 2.62 bits per heavy atom. The monoisotopic (exact) mass is 240 g/mol. The number of hydrogen-bond donors (Lipinski definition) is 0. The first-order chi connectivity index (χ1) is 3.39. The third kappa shape index (κ3) is 2.47. The van der Waals surface area contributed by atoms with Gasteiger partial charge in [-0.05, 0) is 0 Å². The Hall–Kier alpha value is 0.170. The van der Waals surface area contributed by atoms with Gasteiger partial charge in [0.05, 0.1) is 6.54 Å². The summed E-state index contributed by atoms with van der Waals surface area (Å²) in [6.07, 6.45) is 5.42. The van der Waals surface area contributed by atoms with E-state index < -0.39 is 0 Å². The van der Waals surface area contributed by atoms with E-state index in [9.17, 15) is 0 Å². The molecule has 0 N–H and O–H groups in total. The van der Waals surface area contributed by atoms with Gasteiger partial charge in [0.1, 0.15) is 0 Å². The van der Waals surface area contributed by atoms with Gasteiger partial charge in [0.25, 0.3) is 0 Å². The van der Waals surface area contributed by atoms with Crippen molar-refractivity contribution in [2.24, 2.45) is 4.99 Å². The molecule has 0 aromatic heterocycles. The molecule has 1 aliphatic heterocycles. The summed E-state index contributed by atoms with van der Waals surface area (Å²) in [5.41, 5.74) is 0. The van der Waals surface area contributed by atoms with Crippen LogP contribution >= 0.6 is 33.1 Å². The lowest BCUT2D eigenvalue weighted by Crippen LogP contribution is -2.07. The standard InChI is InChI=1S/C4H5BrN2.BrH/c5-7-3-1-6-2-4-7;/h1-3H,4H2;1H. The molecule has 0 aromatic carbocycles. The molecule has 4 heteroatoms. The highest BCUT2D eigenvalue weighted by atomic mass is 79.9. The lowest BCUT2D eigenvalue weighted by atomic mass is 10.6. The summed E-state index contributed by atoms with van der Waals surface area (Å²) < 4.78 is 1.88. The van der Waals surface area contributed by atoms with Crippen molar-refractivity contribution in [2.75, 3.05) is 6.54 Å². The molecule has 1 heterocycles. The largest absolute Gasteiger partial charge is 0.309 e. The molecule has 0 aliphatic carbocycles. The van der Waals surface area contributed by atoms with E-state index in [1.807, 2.05) is 16.3 Å². The fourth-order valence-corrected chi connectivity index (χ4v) is 0.593. The lowest BCUT2D eigenvalue weighted by molar-refractivity contribution is 0.739. The van der Waals surface area contributed by atoms with Crippen LogP contribution in [0.25, 0.3) is 0 Å². The van der Waals surface area contributed by atoms with Crippen LogP contribution in [0.1, 0.15) is 0 Å². The summed E-state index contributed by atoms with van der Waals surface area (Å²) in [6.45, 7) is 0.858. The number of aliphatic imine (C=N–C) groups is 1. The van der Waals surface area contributed by atoms with E-state index in [-0.39, 0.29) is 17.0 Å². The van der Waals surface area contributed by atoms with Crippen molar-refractivity contribution in [3.63, 3.8) is 0 Å². The fraction of sp³-hybridized carbons (Fsp3) is 0.250. The van der Waals surface area contributed by atoms with Gasteiger partial charge in [-0.1, -0.05) is 0 Å². The normalized spacial score (nSPS) is 15.9. The van der Waals surface area contributed by atoms with E-state index in [2.05, 4.69) is 21.1 Å².